The normalized spacial score (nSPS) is 18.1. The number of nitrogens with one attached hydrogen (secondary N) is 1. The van der Waals surface area contributed by atoms with Gasteiger partial charge in [-0.15, -0.1) is 0 Å². The molecule has 0 spiro atoms. The van der Waals surface area contributed by atoms with Crippen molar-refractivity contribution in [2.24, 2.45) is 0 Å². The van der Waals surface area contributed by atoms with Crippen LogP contribution in [-0.4, -0.2) is 17.3 Å². The number of hydrogen-bond donors (Lipinski definition) is 2. The van der Waals surface area contributed by atoms with Crippen LogP contribution in [0.4, 0.5) is 5.69 Å². The average Bonchev–Trinajstić information content (AvgIpc) is 2.39. The van der Waals surface area contributed by atoms with Crippen LogP contribution in [0.15, 0.2) is 18.2 Å². The van der Waals surface area contributed by atoms with E-state index in [9.17, 15) is 5.11 Å². The summed E-state index contributed by atoms with van der Waals surface area (Å²) in [5, 5.41) is 23.0. The van der Waals surface area contributed by atoms with Crippen molar-refractivity contribution in [1.82, 2.24) is 0 Å². The zero-order valence-corrected chi connectivity index (χ0v) is 11.0. The van der Waals surface area contributed by atoms with Crippen LogP contribution in [0.25, 0.3) is 0 Å². The summed E-state index contributed by atoms with van der Waals surface area (Å²) in [6.45, 7) is 0.488. The summed E-state index contributed by atoms with van der Waals surface area (Å²) < 4.78 is 0. The number of hydrogen-bond acceptors (Lipinski definition) is 3. The van der Waals surface area contributed by atoms with Crippen molar-refractivity contribution in [2.75, 3.05) is 11.9 Å². The first-order valence-corrected chi connectivity index (χ1v) is 6.67. The maximum Gasteiger partial charge on any atom is 0.0992 e. The second-order valence-electron chi connectivity index (χ2n) is 4.94. The molecule has 0 heterocycles. The van der Waals surface area contributed by atoms with Crippen molar-refractivity contribution < 1.29 is 5.11 Å². The quantitative estimate of drug-likeness (QED) is 0.881. The van der Waals surface area contributed by atoms with E-state index in [1.807, 2.05) is 0 Å². The minimum atomic E-state index is -0.635. The molecule has 1 aromatic carbocycles. The Hall–Kier alpha value is -1.24. The zero-order valence-electron chi connectivity index (χ0n) is 10.2. The molecule has 0 aromatic heterocycles. The predicted molar refractivity (Wildman–Crippen MR) is 72.7 cm³/mol. The fraction of sp³-hybridized carbons (Fsp3) is 0.500. The lowest BCUT2D eigenvalue weighted by Crippen LogP contribution is -2.38. The molecule has 4 heteroatoms. The molecular weight excluding hydrogens is 248 g/mol. The van der Waals surface area contributed by atoms with Gasteiger partial charge in [-0.05, 0) is 31.0 Å². The van der Waals surface area contributed by atoms with E-state index in [4.69, 9.17) is 16.9 Å². The van der Waals surface area contributed by atoms with Gasteiger partial charge in [-0.3, -0.25) is 0 Å². The SMILES string of the molecule is N#Cc1ccc(Cl)c(NCC2(O)CCCCC2)c1. The van der Waals surface area contributed by atoms with Crippen LogP contribution in [0.3, 0.4) is 0 Å². The zero-order chi connectivity index (χ0) is 13.0. The lowest BCUT2D eigenvalue weighted by molar-refractivity contribution is 0.0167. The highest BCUT2D eigenvalue weighted by atomic mass is 35.5. The number of rotatable bonds is 3. The third kappa shape index (κ3) is 3.16. The number of anilines is 1. The molecule has 3 nitrogen and oxygen atoms in total. The van der Waals surface area contributed by atoms with Crippen molar-refractivity contribution in [1.29, 1.82) is 5.26 Å². The molecule has 0 radical (unpaired) electrons. The Morgan fingerprint density at radius 3 is 2.72 bits per heavy atom. The number of halogens is 1. The highest BCUT2D eigenvalue weighted by molar-refractivity contribution is 6.33. The summed E-state index contributed by atoms with van der Waals surface area (Å²) >= 11 is 6.06. The average molecular weight is 265 g/mol. The second-order valence-corrected chi connectivity index (χ2v) is 5.35. The molecule has 0 aliphatic heterocycles. The minimum Gasteiger partial charge on any atom is -0.388 e. The van der Waals surface area contributed by atoms with Crippen LogP contribution in [0, 0.1) is 11.3 Å². The van der Waals surface area contributed by atoms with Gasteiger partial charge < -0.3 is 10.4 Å². The molecule has 1 aromatic rings. The monoisotopic (exact) mass is 264 g/mol. The smallest absolute Gasteiger partial charge is 0.0992 e. The van der Waals surface area contributed by atoms with Crippen molar-refractivity contribution >= 4 is 17.3 Å². The predicted octanol–water partition coefficient (Wildman–Crippen LogP) is 3.32. The Bertz CT molecular complexity index is 461. The van der Waals surface area contributed by atoms with Gasteiger partial charge in [-0.25, -0.2) is 0 Å². The number of aliphatic hydroxyl groups is 1. The highest BCUT2D eigenvalue weighted by Gasteiger charge is 2.28. The Balaban J connectivity index is 2.03. The van der Waals surface area contributed by atoms with E-state index in [1.165, 1.54) is 6.42 Å². The van der Waals surface area contributed by atoms with Gasteiger partial charge >= 0.3 is 0 Å². The first kappa shape index (κ1) is 13.2. The molecule has 1 fully saturated rings. The van der Waals surface area contributed by atoms with E-state index in [0.717, 1.165) is 31.4 Å². The van der Waals surface area contributed by atoms with Gasteiger partial charge in [0, 0.05) is 6.54 Å². The Morgan fingerprint density at radius 1 is 1.33 bits per heavy atom. The van der Waals surface area contributed by atoms with Crippen molar-refractivity contribution in [3.63, 3.8) is 0 Å². The highest BCUT2D eigenvalue weighted by Crippen LogP contribution is 2.30. The fourth-order valence-corrected chi connectivity index (χ4v) is 2.56. The van der Waals surface area contributed by atoms with Gasteiger partial charge in [-0.1, -0.05) is 30.9 Å². The van der Waals surface area contributed by atoms with Gasteiger partial charge in [0.15, 0.2) is 0 Å². The Morgan fingerprint density at radius 2 is 2.06 bits per heavy atom. The topological polar surface area (TPSA) is 56.0 Å². The summed E-state index contributed by atoms with van der Waals surface area (Å²) in [6, 6.07) is 7.18. The van der Waals surface area contributed by atoms with Crippen LogP contribution in [0.5, 0.6) is 0 Å². The number of nitrogens with zero attached hydrogens (tertiary/aromatic N) is 1. The molecule has 18 heavy (non-hydrogen) atoms. The summed E-state index contributed by atoms with van der Waals surface area (Å²) in [7, 11) is 0. The third-order valence-electron chi connectivity index (χ3n) is 3.49. The fourth-order valence-electron chi connectivity index (χ4n) is 2.38. The summed E-state index contributed by atoms with van der Waals surface area (Å²) in [6.07, 6.45) is 5.01. The first-order chi connectivity index (χ1) is 8.63. The van der Waals surface area contributed by atoms with Crippen molar-refractivity contribution in [3.05, 3.63) is 28.8 Å². The van der Waals surface area contributed by atoms with Gasteiger partial charge in [0.25, 0.3) is 0 Å². The van der Waals surface area contributed by atoms with Crippen LogP contribution in [0.2, 0.25) is 5.02 Å². The van der Waals surface area contributed by atoms with Crippen molar-refractivity contribution in [2.45, 2.75) is 37.7 Å². The van der Waals surface area contributed by atoms with E-state index in [1.54, 1.807) is 18.2 Å². The maximum atomic E-state index is 10.4. The van der Waals surface area contributed by atoms with Crippen LogP contribution in [-0.2, 0) is 0 Å². The summed E-state index contributed by atoms with van der Waals surface area (Å²) in [5.74, 6) is 0. The largest absolute Gasteiger partial charge is 0.388 e. The maximum absolute atomic E-state index is 10.4. The molecule has 2 N–H and O–H groups in total. The molecule has 2 rings (SSSR count). The first-order valence-electron chi connectivity index (χ1n) is 6.29. The van der Waals surface area contributed by atoms with Gasteiger partial charge in [-0.2, -0.15) is 5.26 Å². The number of nitriles is 1. The van der Waals surface area contributed by atoms with E-state index >= 15 is 0 Å². The summed E-state index contributed by atoms with van der Waals surface area (Å²) in [5.41, 5.74) is 0.650. The Labute approximate surface area is 112 Å². The molecular formula is C14H17ClN2O. The van der Waals surface area contributed by atoms with E-state index < -0.39 is 5.60 Å². The molecule has 0 unspecified atom stereocenters. The van der Waals surface area contributed by atoms with E-state index in [2.05, 4.69) is 11.4 Å². The van der Waals surface area contributed by atoms with Crippen molar-refractivity contribution in [3.8, 4) is 6.07 Å². The molecule has 96 valence electrons. The standard InChI is InChI=1S/C14H17ClN2O/c15-12-5-4-11(9-16)8-13(12)17-10-14(18)6-2-1-3-7-14/h4-5,8,17-18H,1-3,6-7,10H2. The third-order valence-corrected chi connectivity index (χ3v) is 3.82. The lowest BCUT2D eigenvalue weighted by Gasteiger charge is -2.32. The van der Waals surface area contributed by atoms with Crippen LogP contribution >= 0.6 is 11.6 Å². The second kappa shape index (κ2) is 5.60. The molecule has 1 aliphatic rings. The van der Waals surface area contributed by atoms with E-state index in [0.29, 0.717) is 17.1 Å². The molecule has 1 saturated carbocycles. The molecule has 0 bridgehead atoms. The molecule has 0 amide bonds. The minimum absolute atomic E-state index is 0.488. The molecule has 0 saturated heterocycles. The van der Waals surface area contributed by atoms with Crippen LogP contribution in [0.1, 0.15) is 37.7 Å². The molecule has 0 atom stereocenters. The van der Waals surface area contributed by atoms with E-state index in [-0.39, 0.29) is 0 Å². The lowest BCUT2D eigenvalue weighted by atomic mass is 9.85. The Kier molecular flexibility index (Phi) is 4.11. The van der Waals surface area contributed by atoms with Gasteiger partial charge in [0.1, 0.15) is 0 Å². The van der Waals surface area contributed by atoms with Gasteiger partial charge in [0.05, 0.1) is 27.9 Å². The molecule has 1 aliphatic carbocycles. The number of benzene rings is 1. The van der Waals surface area contributed by atoms with Gasteiger partial charge in [0.2, 0.25) is 0 Å². The van der Waals surface area contributed by atoms with Crippen LogP contribution < -0.4 is 5.32 Å². The summed E-state index contributed by atoms with van der Waals surface area (Å²) in [4.78, 5) is 0.